The summed E-state index contributed by atoms with van der Waals surface area (Å²) in [5, 5.41) is 14.6. The summed E-state index contributed by atoms with van der Waals surface area (Å²) in [7, 11) is 0. The lowest BCUT2D eigenvalue weighted by Crippen LogP contribution is -2.09. The van der Waals surface area contributed by atoms with Crippen LogP contribution in [0.15, 0.2) is 48.5 Å². The van der Waals surface area contributed by atoms with E-state index in [4.69, 9.17) is 4.74 Å². The minimum Gasteiger partial charge on any atom is -0.488 e. The molecule has 1 N–H and O–H groups in total. The number of benzene rings is 2. The maximum absolute atomic E-state index is 13.7. The smallest absolute Gasteiger partial charge is 0.243 e. The largest absolute Gasteiger partial charge is 0.488 e. The van der Waals surface area contributed by atoms with Gasteiger partial charge in [0.15, 0.2) is 0 Å². The van der Waals surface area contributed by atoms with Crippen LogP contribution in [-0.4, -0.2) is 20.2 Å². The molecule has 7 heteroatoms. The van der Waals surface area contributed by atoms with E-state index in [2.05, 4.69) is 20.8 Å². The molecule has 0 spiro atoms. The lowest BCUT2D eigenvalue weighted by Gasteiger charge is -2.12. The molecule has 0 aliphatic rings. The summed E-state index contributed by atoms with van der Waals surface area (Å²) in [6.07, 6.45) is 0. The highest BCUT2D eigenvalue weighted by Gasteiger charge is 2.08. The Bertz CT molecular complexity index is 805. The normalized spacial score (nSPS) is 10.6. The average molecular weight is 327 g/mol. The topological polar surface area (TPSA) is 64.9 Å². The molecule has 6 nitrogen and oxygen atoms in total. The third kappa shape index (κ3) is 3.68. The van der Waals surface area contributed by atoms with Crippen LogP contribution in [0.1, 0.15) is 18.1 Å². The van der Waals surface area contributed by atoms with Gasteiger partial charge in [-0.25, -0.2) is 9.07 Å². The first-order valence-corrected chi connectivity index (χ1v) is 7.72. The Morgan fingerprint density at radius 3 is 2.62 bits per heavy atom. The van der Waals surface area contributed by atoms with E-state index in [1.54, 1.807) is 22.9 Å². The second-order valence-corrected chi connectivity index (χ2v) is 5.16. The summed E-state index contributed by atoms with van der Waals surface area (Å²) in [4.78, 5) is 0. The summed E-state index contributed by atoms with van der Waals surface area (Å²) in [6.45, 7) is 3.33. The number of tetrazole rings is 1. The summed E-state index contributed by atoms with van der Waals surface area (Å²) in [5.41, 5.74) is 1.47. The first kappa shape index (κ1) is 15.9. The molecule has 0 atom stereocenters. The van der Waals surface area contributed by atoms with Gasteiger partial charge in [0.05, 0.1) is 0 Å². The Labute approximate surface area is 139 Å². The standard InChI is InChI=1S/C17H18FN5O/c1-2-23-17(20-21-22-23)19-11-13-7-4-6-10-16(13)24-12-14-8-3-5-9-15(14)18/h3-10H,2,11-12H2,1H3,(H,19,20,22). The minimum atomic E-state index is -0.268. The molecule has 0 aliphatic carbocycles. The van der Waals surface area contributed by atoms with Crippen molar-refractivity contribution in [1.82, 2.24) is 20.2 Å². The molecule has 0 radical (unpaired) electrons. The SMILES string of the molecule is CCn1nnnc1NCc1ccccc1OCc1ccccc1F. The lowest BCUT2D eigenvalue weighted by molar-refractivity contribution is 0.297. The van der Waals surface area contributed by atoms with Crippen LogP contribution in [0, 0.1) is 5.82 Å². The molecule has 3 rings (SSSR count). The molecule has 0 bridgehead atoms. The van der Waals surface area contributed by atoms with Crippen LogP contribution in [0.4, 0.5) is 10.3 Å². The fraction of sp³-hybridized carbons (Fsp3) is 0.235. The second kappa shape index (κ2) is 7.54. The average Bonchev–Trinajstić information content (AvgIpc) is 3.07. The van der Waals surface area contributed by atoms with Crippen molar-refractivity contribution in [2.75, 3.05) is 5.32 Å². The Kier molecular flexibility index (Phi) is 5.00. The number of nitrogens with one attached hydrogen (secondary N) is 1. The van der Waals surface area contributed by atoms with Gasteiger partial charge in [-0.15, -0.1) is 0 Å². The van der Waals surface area contributed by atoms with Crippen molar-refractivity contribution in [3.63, 3.8) is 0 Å². The van der Waals surface area contributed by atoms with E-state index in [-0.39, 0.29) is 12.4 Å². The van der Waals surface area contributed by atoms with Gasteiger partial charge in [-0.1, -0.05) is 41.5 Å². The molecule has 2 aromatic carbocycles. The van der Waals surface area contributed by atoms with Crippen LogP contribution in [0.2, 0.25) is 0 Å². The number of hydrogen-bond acceptors (Lipinski definition) is 5. The molecular formula is C17H18FN5O. The number of ether oxygens (including phenoxy) is 1. The highest BCUT2D eigenvalue weighted by atomic mass is 19.1. The summed E-state index contributed by atoms with van der Waals surface area (Å²) in [6, 6.07) is 14.2. The van der Waals surface area contributed by atoms with E-state index in [0.717, 1.165) is 5.56 Å². The molecule has 1 heterocycles. The fourth-order valence-corrected chi connectivity index (χ4v) is 2.28. The molecule has 0 saturated carbocycles. The Balaban J connectivity index is 1.68. The third-order valence-corrected chi connectivity index (χ3v) is 3.58. The minimum absolute atomic E-state index is 0.177. The van der Waals surface area contributed by atoms with Gasteiger partial charge in [-0.3, -0.25) is 0 Å². The van der Waals surface area contributed by atoms with Gasteiger partial charge in [-0.2, -0.15) is 0 Å². The van der Waals surface area contributed by atoms with Crippen LogP contribution in [0.5, 0.6) is 5.75 Å². The maximum Gasteiger partial charge on any atom is 0.243 e. The molecule has 3 aromatic rings. The highest BCUT2D eigenvalue weighted by molar-refractivity contribution is 5.37. The molecule has 0 unspecified atom stereocenters. The summed E-state index contributed by atoms with van der Waals surface area (Å²) < 4.78 is 21.2. The van der Waals surface area contributed by atoms with Crippen molar-refractivity contribution in [3.05, 3.63) is 65.5 Å². The van der Waals surface area contributed by atoms with Gasteiger partial charge in [0.2, 0.25) is 5.95 Å². The number of halogens is 1. The van der Waals surface area contributed by atoms with Crippen molar-refractivity contribution in [2.45, 2.75) is 26.6 Å². The summed E-state index contributed by atoms with van der Waals surface area (Å²) >= 11 is 0. The van der Waals surface area contributed by atoms with Crippen LogP contribution in [-0.2, 0) is 19.7 Å². The van der Waals surface area contributed by atoms with Gasteiger partial charge in [0.25, 0.3) is 0 Å². The Morgan fingerprint density at radius 1 is 1.08 bits per heavy atom. The van der Waals surface area contributed by atoms with Gasteiger partial charge < -0.3 is 10.1 Å². The molecule has 0 fully saturated rings. The first-order valence-electron chi connectivity index (χ1n) is 7.72. The lowest BCUT2D eigenvalue weighted by atomic mass is 10.2. The highest BCUT2D eigenvalue weighted by Crippen LogP contribution is 2.21. The molecule has 24 heavy (non-hydrogen) atoms. The number of rotatable bonds is 7. The number of anilines is 1. The van der Waals surface area contributed by atoms with Crippen LogP contribution < -0.4 is 10.1 Å². The monoisotopic (exact) mass is 327 g/mol. The zero-order chi connectivity index (χ0) is 16.8. The van der Waals surface area contributed by atoms with Crippen molar-refractivity contribution in [2.24, 2.45) is 0 Å². The van der Waals surface area contributed by atoms with Crippen LogP contribution in [0.3, 0.4) is 0 Å². The quantitative estimate of drug-likeness (QED) is 0.722. The van der Waals surface area contributed by atoms with Crippen molar-refractivity contribution in [1.29, 1.82) is 0 Å². The van der Waals surface area contributed by atoms with E-state index >= 15 is 0 Å². The third-order valence-electron chi connectivity index (χ3n) is 3.58. The predicted molar refractivity (Wildman–Crippen MR) is 88.0 cm³/mol. The van der Waals surface area contributed by atoms with E-state index < -0.39 is 0 Å². The van der Waals surface area contributed by atoms with Crippen LogP contribution >= 0.6 is 0 Å². The van der Waals surface area contributed by atoms with E-state index in [0.29, 0.717) is 30.4 Å². The molecule has 1 aromatic heterocycles. The molecule has 124 valence electrons. The van der Waals surface area contributed by atoms with Crippen molar-refractivity contribution in [3.8, 4) is 5.75 Å². The van der Waals surface area contributed by atoms with Crippen molar-refractivity contribution < 1.29 is 9.13 Å². The predicted octanol–water partition coefficient (Wildman–Crippen LogP) is 3.02. The number of aryl methyl sites for hydroxylation is 1. The van der Waals surface area contributed by atoms with Gasteiger partial charge in [0.1, 0.15) is 18.2 Å². The number of para-hydroxylation sites is 1. The number of nitrogens with zero attached hydrogens (tertiary/aromatic N) is 4. The van der Waals surface area contributed by atoms with Gasteiger partial charge in [0, 0.05) is 24.2 Å². The first-order chi connectivity index (χ1) is 11.8. The molecular weight excluding hydrogens is 309 g/mol. The molecule has 0 saturated heterocycles. The number of hydrogen-bond donors (Lipinski definition) is 1. The van der Waals surface area contributed by atoms with E-state index in [1.807, 2.05) is 31.2 Å². The fourth-order valence-electron chi connectivity index (χ4n) is 2.28. The zero-order valence-electron chi connectivity index (χ0n) is 13.3. The molecule has 0 amide bonds. The molecule has 0 aliphatic heterocycles. The zero-order valence-corrected chi connectivity index (χ0v) is 13.3. The second-order valence-electron chi connectivity index (χ2n) is 5.16. The van der Waals surface area contributed by atoms with Crippen LogP contribution in [0.25, 0.3) is 0 Å². The van der Waals surface area contributed by atoms with E-state index in [9.17, 15) is 4.39 Å². The number of aromatic nitrogens is 4. The van der Waals surface area contributed by atoms with Crippen molar-refractivity contribution >= 4 is 5.95 Å². The van der Waals surface area contributed by atoms with E-state index in [1.165, 1.54) is 6.07 Å². The Morgan fingerprint density at radius 2 is 1.83 bits per heavy atom. The Hall–Kier alpha value is -2.96. The van der Waals surface area contributed by atoms with Gasteiger partial charge in [-0.05, 0) is 29.5 Å². The summed E-state index contributed by atoms with van der Waals surface area (Å²) in [5.74, 6) is 1.03. The maximum atomic E-state index is 13.7. The van der Waals surface area contributed by atoms with Gasteiger partial charge >= 0.3 is 0 Å².